The molecule has 7 heterocycles. The van der Waals surface area contributed by atoms with Crippen LogP contribution in [0.4, 0.5) is 4.39 Å². The van der Waals surface area contributed by atoms with Crippen LogP contribution in [0.25, 0.3) is 67.0 Å². The summed E-state index contributed by atoms with van der Waals surface area (Å²) in [6.45, 7) is 41.2. The van der Waals surface area contributed by atoms with E-state index in [1.54, 1.807) is 42.9 Å². The Morgan fingerprint density at radius 3 is 1.30 bits per heavy atom. The fourth-order valence-electron chi connectivity index (χ4n) is 10.3. The minimum atomic E-state index is -0.258. The molecular weight excluding hydrogens is 1230 g/mol. The van der Waals surface area contributed by atoms with Crippen molar-refractivity contribution in [2.45, 2.75) is 171 Å². The summed E-state index contributed by atoms with van der Waals surface area (Å²) >= 11 is 0. The van der Waals surface area contributed by atoms with E-state index >= 15 is 0 Å². The Kier molecular flexibility index (Phi) is 24.6. The molecule has 7 aromatic heterocycles. The predicted molar refractivity (Wildman–Crippen MR) is 411 cm³/mol. The SMILES string of the molecule is CC(C)(C)c1nc(-c2ccccc2)c2ccccc2n1.CC(C)(C)c1nccc(-c2ccccc2)n1.CC(C)(C)c1nccc(-c2ccccc2F)n1.CC(C)(C)c1ncccn1.Cc1cc(C(C)(C)C)n(Cc2ccccc2)n1.Cn1ccc2nc(C(C)(C)C)nc(-c3ccccc3)c21. The molecule has 0 bridgehead atoms. The van der Waals surface area contributed by atoms with E-state index in [2.05, 4.69) is 240 Å². The molecule has 13 aromatic rings. The summed E-state index contributed by atoms with van der Waals surface area (Å²) in [5.74, 6) is 4.01. The molecule has 100 heavy (non-hydrogen) atoms. The molecule has 13 rings (SSSR count). The van der Waals surface area contributed by atoms with Crippen LogP contribution in [0.15, 0.2) is 231 Å². The smallest absolute Gasteiger partial charge is 0.135 e. The summed E-state index contributed by atoms with van der Waals surface area (Å²) in [7, 11) is 2.04. The monoisotopic (exact) mass is 1330 g/mol. The first-order chi connectivity index (χ1) is 47.1. The molecule has 0 radical (unpaired) electrons. The third kappa shape index (κ3) is 21.1. The Morgan fingerprint density at radius 2 is 0.790 bits per heavy atom. The molecule has 0 aliphatic rings. The van der Waals surface area contributed by atoms with E-state index in [4.69, 9.17) is 19.9 Å². The molecule has 0 atom stereocenters. The molecule has 0 saturated carbocycles. The predicted octanol–water partition coefficient (Wildman–Crippen LogP) is 20.9. The molecule has 0 unspecified atom stereocenters. The number of para-hydroxylation sites is 1. The summed E-state index contributed by atoms with van der Waals surface area (Å²) < 4.78 is 17.8. The molecule has 0 fully saturated rings. The summed E-state index contributed by atoms with van der Waals surface area (Å²) in [5, 5.41) is 5.69. The average molecular weight is 1330 g/mol. The van der Waals surface area contributed by atoms with Crippen molar-refractivity contribution in [3.05, 3.63) is 283 Å². The minimum Gasteiger partial charge on any atom is -0.347 e. The van der Waals surface area contributed by atoms with Crippen LogP contribution in [-0.4, -0.2) is 64.2 Å². The number of fused-ring (bicyclic) bond motifs is 2. The number of aryl methyl sites for hydroxylation is 2. The van der Waals surface area contributed by atoms with Crippen LogP contribution in [0.2, 0.25) is 0 Å². The Bertz CT molecular complexity index is 4700. The van der Waals surface area contributed by atoms with Gasteiger partial charge in [-0.25, -0.2) is 54.2 Å². The van der Waals surface area contributed by atoms with Gasteiger partial charge in [-0.1, -0.05) is 276 Å². The highest BCUT2D eigenvalue weighted by molar-refractivity contribution is 5.92. The second kappa shape index (κ2) is 32.6. The van der Waals surface area contributed by atoms with E-state index < -0.39 is 0 Å². The van der Waals surface area contributed by atoms with Crippen molar-refractivity contribution in [1.29, 1.82) is 0 Å². The molecule has 0 saturated heterocycles. The van der Waals surface area contributed by atoms with Gasteiger partial charge in [0.15, 0.2) is 0 Å². The molecule has 0 N–H and O–H groups in total. The molecule has 14 heteroatoms. The number of halogens is 1. The number of hydrogen-bond acceptors (Lipinski definition) is 11. The first-order valence-corrected chi connectivity index (χ1v) is 34.2. The highest BCUT2D eigenvalue weighted by Crippen LogP contribution is 2.33. The molecule has 516 valence electrons. The van der Waals surface area contributed by atoms with Crippen molar-refractivity contribution >= 4 is 21.9 Å². The van der Waals surface area contributed by atoms with Crippen molar-refractivity contribution in [2.24, 2.45) is 7.05 Å². The molecule has 0 aliphatic heterocycles. The maximum absolute atomic E-state index is 13.6. The van der Waals surface area contributed by atoms with Gasteiger partial charge in [-0.3, -0.25) is 4.68 Å². The molecule has 6 aromatic carbocycles. The lowest BCUT2D eigenvalue weighted by molar-refractivity contribution is 0.505. The Morgan fingerprint density at radius 1 is 0.360 bits per heavy atom. The fourth-order valence-corrected chi connectivity index (χ4v) is 10.3. The normalized spacial score (nSPS) is 11.7. The molecule has 0 aliphatic carbocycles. The van der Waals surface area contributed by atoms with E-state index in [1.165, 1.54) is 17.3 Å². The van der Waals surface area contributed by atoms with Gasteiger partial charge in [-0.05, 0) is 61.0 Å². The number of benzene rings is 6. The van der Waals surface area contributed by atoms with Crippen LogP contribution in [0.1, 0.15) is 171 Å². The summed E-state index contributed by atoms with van der Waals surface area (Å²) in [5.41, 5.74) is 14.3. The quantitative estimate of drug-likeness (QED) is 0.156. The van der Waals surface area contributed by atoms with E-state index in [1.807, 2.05) is 125 Å². The maximum atomic E-state index is 13.6. The maximum Gasteiger partial charge on any atom is 0.135 e. The van der Waals surface area contributed by atoms with E-state index in [-0.39, 0.29) is 38.3 Å². The van der Waals surface area contributed by atoms with Crippen LogP contribution >= 0.6 is 0 Å². The van der Waals surface area contributed by atoms with Crippen molar-refractivity contribution in [3.8, 4) is 45.0 Å². The van der Waals surface area contributed by atoms with Crippen molar-refractivity contribution < 1.29 is 4.39 Å². The summed E-state index contributed by atoms with van der Waals surface area (Å²) in [4.78, 5) is 45.0. The van der Waals surface area contributed by atoms with Crippen LogP contribution in [0, 0.1) is 12.7 Å². The third-order valence-corrected chi connectivity index (χ3v) is 15.7. The van der Waals surface area contributed by atoms with Gasteiger partial charge in [-0.2, -0.15) is 5.10 Å². The number of nitrogens with zero attached hydrogens (tertiary/aromatic N) is 13. The van der Waals surface area contributed by atoms with Gasteiger partial charge in [0.2, 0.25) is 0 Å². The lowest BCUT2D eigenvalue weighted by Crippen LogP contribution is -2.18. The number of aromatic nitrogens is 13. The van der Waals surface area contributed by atoms with Gasteiger partial charge in [0.05, 0.1) is 51.6 Å². The standard InChI is InChI=1S/C18H18N2.C17H19N3.C15H20N2.C14H15FN2.C14H16N2.C8H12N2/c1-18(2,3)17-19-15-12-8-7-11-14(15)16(20-17)13-9-5-4-6-10-13;1-17(2,3)16-18-13-10-11-20(4)15(13)14(19-16)12-8-6-5-7-9-12;1-12-10-14(15(2,3)4)17(16-12)11-13-8-6-5-7-9-13;1-14(2,3)13-16-9-8-12(17-13)10-6-4-5-7-11(10)15;1-14(2,3)13-15-10-9-12(16-13)11-7-5-4-6-8-11;1-8(2,3)7-9-5-4-6-10-7/h4-12H,1-3H3;5-11H,1-4H3;5-10H,11H2,1-4H3;4-9H,1-3H3;4-10H,1-3H3;4-6H,1-3H3. The summed E-state index contributed by atoms with van der Waals surface area (Å²) in [6, 6.07) is 65.9. The van der Waals surface area contributed by atoms with Crippen molar-refractivity contribution in [3.63, 3.8) is 0 Å². The van der Waals surface area contributed by atoms with E-state index in [0.29, 0.717) is 11.3 Å². The second-order valence-electron chi connectivity index (χ2n) is 31.0. The highest BCUT2D eigenvalue weighted by atomic mass is 19.1. The van der Waals surface area contributed by atoms with Crippen LogP contribution in [-0.2, 0) is 46.1 Å². The Balaban J connectivity index is 0.000000154. The van der Waals surface area contributed by atoms with Gasteiger partial charge in [0.1, 0.15) is 34.9 Å². The van der Waals surface area contributed by atoms with Crippen LogP contribution in [0.5, 0.6) is 0 Å². The number of rotatable bonds is 6. The van der Waals surface area contributed by atoms with Gasteiger partial charge < -0.3 is 4.57 Å². The fraction of sp³-hybridized carbons (Fsp3) is 0.314. The zero-order chi connectivity index (χ0) is 72.6. The first-order valence-electron chi connectivity index (χ1n) is 34.2. The highest BCUT2D eigenvalue weighted by Gasteiger charge is 2.25. The topological polar surface area (TPSA) is 152 Å². The van der Waals surface area contributed by atoms with Gasteiger partial charge in [0.25, 0.3) is 0 Å². The average Bonchev–Trinajstić information content (AvgIpc) is 1.40. The first kappa shape index (κ1) is 75.4. The van der Waals surface area contributed by atoms with Crippen LogP contribution < -0.4 is 0 Å². The van der Waals surface area contributed by atoms with E-state index in [9.17, 15) is 4.39 Å². The minimum absolute atomic E-state index is 0.00914. The third-order valence-electron chi connectivity index (χ3n) is 15.7. The Labute approximate surface area is 593 Å². The summed E-state index contributed by atoms with van der Waals surface area (Å²) in [6.07, 6.45) is 9.09. The molecule has 0 spiro atoms. The van der Waals surface area contributed by atoms with Crippen molar-refractivity contribution in [1.82, 2.24) is 64.2 Å². The lowest BCUT2D eigenvalue weighted by Gasteiger charge is -2.20. The second-order valence-corrected chi connectivity index (χ2v) is 31.0. The molecule has 13 nitrogen and oxygen atoms in total. The molecular formula is C86H100FN13. The number of hydrogen-bond donors (Lipinski definition) is 0. The zero-order valence-electron chi connectivity index (χ0n) is 62.3. The van der Waals surface area contributed by atoms with E-state index in [0.717, 1.165) is 97.1 Å². The van der Waals surface area contributed by atoms with Gasteiger partial charge in [-0.15, -0.1) is 0 Å². The van der Waals surface area contributed by atoms with Gasteiger partial charge in [0, 0.05) is 104 Å². The zero-order valence-corrected chi connectivity index (χ0v) is 62.3. The Hall–Kier alpha value is -10.3. The van der Waals surface area contributed by atoms with Crippen LogP contribution in [0.3, 0.4) is 0 Å². The largest absolute Gasteiger partial charge is 0.347 e. The van der Waals surface area contributed by atoms with Gasteiger partial charge >= 0.3 is 0 Å². The van der Waals surface area contributed by atoms with Crippen molar-refractivity contribution in [2.75, 3.05) is 0 Å². The lowest BCUT2D eigenvalue weighted by atomic mass is 9.92. The molecule has 0 amide bonds.